The lowest BCUT2D eigenvalue weighted by Crippen LogP contribution is -2.51. The Morgan fingerprint density at radius 3 is 2.46 bits per heavy atom. The van der Waals surface area contributed by atoms with E-state index in [4.69, 9.17) is 11.6 Å². The summed E-state index contributed by atoms with van der Waals surface area (Å²) in [5, 5.41) is 0.648. The molecule has 2 fully saturated rings. The first-order valence-corrected chi connectivity index (χ1v) is 12.4. The monoisotopic (exact) mass is 543 g/mol. The number of anilines is 1. The Bertz CT molecular complexity index is 1000. The molecule has 0 N–H and O–H groups in total. The van der Waals surface area contributed by atoms with Gasteiger partial charge in [0.1, 0.15) is 18.3 Å². The van der Waals surface area contributed by atoms with Crippen LogP contribution in [-0.2, 0) is 11.2 Å². The Balaban J connectivity index is 0.00000171. The highest BCUT2D eigenvalue weighted by atomic mass is 35.5. The van der Waals surface area contributed by atoms with E-state index in [1.165, 1.54) is 11.3 Å². The molecule has 3 aliphatic rings. The summed E-state index contributed by atoms with van der Waals surface area (Å²) >= 11 is 6.09. The molecule has 0 bridgehead atoms. The second-order valence-electron chi connectivity index (χ2n) is 9.56. The van der Waals surface area contributed by atoms with Gasteiger partial charge in [-0.15, -0.1) is 24.8 Å². The van der Waals surface area contributed by atoms with Gasteiger partial charge in [0.05, 0.1) is 5.92 Å². The number of fused-ring (bicyclic) bond motifs is 1. The predicted molar refractivity (Wildman–Crippen MR) is 142 cm³/mol. The van der Waals surface area contributed by atoms with Crippen molar-refractivity contribution in [2.45, 2.75) is 44.2 Å². The molecule has 1 aromatic carbocycles. The van der Waals surface area contributed by atoms with Crippen LogP contribution in [0.4, 0.5) is 10.2 Å². The molecular weight excluding hydrogens is 512 g/mol. The number of piperazine rings is 1. The number of halogens is 4. The van der Waals surface area contributed by atoms with Gasteiger partial charge in [0.15, 0.2) is 0 Å². The average molecular weight is 545 g/mol. The molecule has 1 amide bonds. The first kappa shape index (κ1) is 27.9. The molecule has 6 nitrogen and oxygen atoms in total. The molecule has 0 radical (unpaired) electrons. The van der Waals surface area contributed by atoms with Gasteiger partial charge < -0.3 is 9.80 Å². The van der Waals surface area contributed by atoms with E-state index >= 15 is 0 Å². The summed E-state index contributed by atoms with van der Waals surface area (Å²) in [5.41, 5.74) is 3.40. The van der Waals surface area contributed by atoms with Gasteiger partial charge in [-0.05, 0) is 42.9 Å². The molecule has 1 aliphatic carbocycles. The molecule has 1 aromatic heterocycles. The van der Waals surface area contributed by atoms with Gasteiger partial charge >= 0.3 is 0 Å². The van der Waals surface area contributed by atoms with Crippen molar-refractivity contribution in [3.63, 3.8) is 0 Å². The van der Waals surface area contributed by atoms with Crippen LogP contribution in [0.25, 0.3) is 0 Å². The maximum absolute atomic E-state index is 13.8. The number of carbonyl (C=O) groups is 1. The lowest BCUT2D eigenvalue weighted by molar-refractivity contribution is -0.133. The molecule has 1 unspecified atom stereocenters. The number of amides is 1. The fourth-order valence-electron chi connectivity index (χ4n) is 5.46. The van der Waals surface area contributed by atoms with Crippen molar-refractivity contribution in [3.05, 3.63) is 52.4 Å². The molecular formula is C25H33Cl3FN5O. The van der Waals surface area contributed by atoms with E-state index in [0.29, 0.717) is 50.1 Å². The first-order valence-electron chi connectivity index (χ1n) is 12.0. The van der Waals surface area contributed by atoms with Crippen molar-refractivity contribution in [2.24, 2.45) is 0 Å². The SMILES string of the molecule is C[C@@H]1CCc2ncnc(N3CCN(C(=O)C(CN4CC[C@H](F)C4)c4ccc(Cl)cc4)CC3)c21.Cl.Cl. The topological polar surface area (TPSA) is 52.6 Å². The molecule has 2 aliphatic heterocycles. The van der Waals surface area contributed by atoms with E-state index in [0.717, 1.165) is 37.3 Å². The van der Waals surface area contributed by atoms with E-state index in [1.807, 2.05) is 29.2 Å². The van der Waals surface area contributed by atoms with Crippen LogP contribution < -0.4 is 4.90 Å². The fourth-order valence-corrected chi connectivity index (χ4v) is 5.59. The van der Waals surface area contributed by atoms with Crippen LogP contribution in [0.5, 0.6) is 0 Å². The average Bonchev–Trinajstić information content (AvgIpc) is 3.43. The highest BCUT2D eigenvalue weighted by molar-refractivity contribution is 6.30. The van der Waals surface area contributed by atoms with Gasteiger partial charge in [0.25, 0.3) is 0 Å². The van der Waals surface area contributed by atoms with Gasteiger partial charge in [-0.3, -0.25) is 9.69 Å². The van der Waals surface area contributed by atoms with Crippen molar-refractivity contribution in [3.8, 4) is 0 Å². The third-order valence-electron chi connectivity index (χ3n) is 7.37. The zero-order valence-corrected chi connectivity index (χ0v) is 22.3. The number of likely N-dealkylation sites (tertiary alicyclic amines) is 1. The molecule has 5 rings (SSSR count). The third kappa shape index (κ3) is 6.01. The van der Waals surface area contributed by atoms with E-state index in [2.05, 4.69) is 26.7 Å². The van der Waals surface area contributed by atoms with Crippen molar-refractivity contribution in [1.82, 2.24) is 19.8 Å². The van der Waals surface area contributed by atoms with Crippen LogP contribution in [0.3, 0.4) is 0 Å². The van der Waals surface area contributed by atoms with E-state index in [1.54, 1.807) is 6.33 Å². The Labute approximate surface area is 224 Å². The molecule has 3 heterocycles. The normalized spacial score (nSPS) is 22.8. The molecule has 192 valence electrons. The van der Waals surface area contributed by atoms with Crippen LogP contribution in [0.15, 0.2) is 30.6 Å². The zero-order valence-electron chi connectivity index (χ0n) is 19.9. The highest BCUT2D eigenvalue weighted by Gasteiger charge is 2.34. The van der Waals surface area contributed by atoms with Crippen LogP contribution in [-0.4, -0.2) is 77.7 Å². The predicted octanol–water partition coefficient (Wildman–Crippen LogP) is 4.50. The third-order valence-corrected chi connectivity index (χ3v) is 7.62. The number of hydrogen-bond donors (Lipinski definition) is 0. The van der Waals surface area contributed by atoms with Crippen molar-refractivity contribution in [1.29, 1.82) is 0 Å². The Morgan fingerprint density at radius 2 is 1.80 bits per heavy atom. The minimum Gasteiger partial charge on any atom is -0.353 e. The van der Waals surface area contributed by atoms with Crippen molar-refractivity contribution >= 4 is 48.1 Å². The number of alkyl halides is 1. The molecule has 35 heavy (non-hydrogen) atoms. The summed E-state index contributed by atoms with van der Waals surface area (Å²) in [6, 6.07) is 7.51. The van der Waals surface area contributed by atoms with Crippen LogP contribution in [0.2, 0.25) is 5.02 Å². The molecule has 0 spiro atoms. The van der Waals surface area contributed by atoms with Crippen LogP contribution in [0, 0.1) is 0 Å². The van der Waals surface area contributed by atoms with Gasteiger partial charge in [-0.1, -0.05) is 30.7 Å². The number of benzene rings is 1. The Hall–Kier alpha value is -1.67. The summed E-state index contributed by atoms with van der Waals surface area (Å²) in [4.78, 5) is 29.1. The number of carbonyl (C=O) groups excluding carboxylic acids is 1. The zero-order chi connectivity index (χ0) is 22.9. The molecule has 2 aromatic rings. The standard InChI is InChI=1S/C25H31ClFN5O.2ClH/c1-17-2-7-22-23(17)24(29-16-28-22)31-10-12-32(13-11-31)25(33)21(15-30-9-8-20(27)14-30)18-3-5-19(26)6-4-18;;/h3-6,16-17,20-21H,2,7-15H2,1H3;2*1H/t17-,20+,21?;;/m1../s1. The lowest BCUT2D eigenvalue weighted by atomic mass is 9.96. The Morgan fingerprint density at radius 1 is 1.09 bits per heavy atom. The van der Waals surface area contributed by atoms with Gasteiger partial charge in [-0.25, -0.2) is 14.4 Å². The molecule has 3 atom stereocenters. The summed E-state index contributed by atoms with van der Waals surface area (Å²) in [6.07, 6.45) is 3.56. The maximum Gasteiger partial charge on any atom is 0.231 e. The minimum absolute atomic E-state index is 0. The first-order chi connectivity index (χ1) is 16.0. The number of aryl methyl sites for hydroxylation is 1. The maximum atomic E-state index is 13.8. The van der Waals surface area contributed by atoms with Crippen molar-refractivity contribution in [2.75, 3.05) is 50.7 Å². The summed E-state index contributed by atoms with van der Waals surface area (Å²) in [7, 11) is 0. The van der Waals surface area contributed by atoms with Crippen LogP contribution >= 0.6 is 36.4 Å². The van der Waals surface area contributed by atoms with E-state index in [9.17, 15) is 9.18 Å². The van der Waals surface area contributed by atoms with E-state index < -0.39 is 6.17 Å². The molecule has 2 saturated heterocycles. The van der Waals surface area contributed by atoms with Crippen molar-refractivity contribution < 1.29 is 9.18 Å². The highest BCUT2D eigenvalue weighted by Crippen LogP contribution is 2.37. The quantitative estimate of drug-likeness (QED) is 0.555. The number of aromatic nitrogens is 2. The molecule has 0 saturated carbocycles. The molecule has 10 heteroatoms. The lowest BCUT2D eigenvalue weighted by Gasteiger charge is -2.38. The van der Waals surface area contributed by atoms with E-state index in [-0.39, 0.29) is 36.6 Å². The number of rotatable bonds is 5. The second kappa shape index (κ2) is 12.0. The fraction of sp³-hybridized carbons (Fsp3) is 0.560. The minimum atomic E-state index is -0.800. The summed E-state index contributed by atoms with van der Waals surface area (Å²) in [5.74, 6) is 1.31. The second-order valence-corrected chi connectivity index (χ2v) is 10.00. The smallest absolute Gasteiger partial charge is 0.231 e. The van der Waals surface area contributed by atoms with Crippen LogP contribution in [0.1, 0.15) is 48.4 Å². The Kier molecular flexibility index (Phi) is 9.60. The van der Waals surface area contributed by atoms with Gasteiger partial charge in [0, 0.05) is 62.1 Å². The number of nitrogens with zero attached hydrogens (tertiary/aromatic N) is 5. The van der Waals surface area contributed by atoms with Gasteiger partial charge in [0.2, 0.25) is 5.91 Å². The van der Waals surface area contributed by atoms with Gasteiger partial charge in [-0.2, -0.15) is 0 Å². The summed E-state index contributed by atoms with van der Waals surface area (Å²) in [6.45, 7) is 6.71. The largest absolute Gasteiger partial charge is 0.353 e. The number of hydrogen-bond acceptors (Lipinski definition) is 5. The summed E-state index contributed by atoms with van der Waals surface area (Å²) < 4.78 is 13.8.